The van der Waals surface area contributed by atoms with Gasteiger partial charge in [0.1, 0.15) is 0 Å². The smallest absolute Gasteiger partial charge is 0.0992 e. The lowest BCUT2D eigenvalue weighted by atomic mass is 10.1. The van der Waals surface area contributed by atoms with Gasteiger partial charge < -0.3 is 5.32 Å². The molecule has 0 aliphatic carbocycles. The Morgan fingerprint density at radius 3 is 2.58 bits per heavy atom. The second kappa shape index (κ2) is 6.28. The lowest BCUT2D eigenvalue weighted by Gasteiger charge is -2.06. The summed E-state index contributed by atoms with van der Waals surface area (Å²) < 4.78 is 0. The summed E-state index contributed by atoms with van der Waals surface area (Å²) in [4.78, 5) is 0. The van der Waals surface area contributed by atoms with Crippen LogP contribution in [0.3, 0.4) is 0 Å². The van der Waals surface area contributed by atoms with Gasteiger partial charge in [-0.15, -0.1) is 0 Å². The van der Waals surface area contributed by atoms with Gasteiger partial charge in [0.05, 0.1) is 18.2 Å². The monoisotopic (exact) mass is 246 g/mol. The minimum atomic E-state index is 0.560. The van der Waals surface area contributed by atoms with Gasteiger partial charge in [-0.1, -0.05) is 36.1 Å². The summed E-state index contributed by atoms with van der Waals surface area (Å²) in [7, 11) is 0. The van der Waals surface area contributed by atoms with Crippen LogP contribution in [0.25, 0.3) is 0 Å². The molecular formula is C17H14N2. The molecule has 2 aromatic carbocycles. The van der Waals surface area contributed by atoms with Crippen LogP contribution in [0.4, 0.5) is 5.69 Å². The first kappa shape index (κ1) is 12.7. The standard InChI is InChI=1S/C17H14N2/c1-14-9-10-16(13-18)12-17(14)19-11-5-8-15-6-3-2-4-7-15/h2-4,6-7,9-10,12,19H,11H2,1H3. The van der Waals surface area contributed by atoms with Crippen molar-refractivity contribution < 1.29 is 0 Å². The molecular weight excluding hydrogens is 232 g/mol. The van der Waals surface area contributed by atoms with Gasteiger partial charge in [-0.05, 0) is 36.8 Å². The molecule has 92 valence electrons. The summed E-state index contributed by atoms with van der Waals surface area (Å²) in [6.07, 6.45) is 0. The molecule has 2 heteroatoms. The third-order valence-electron chi connectivity index (χ3n) is 2.74. The molecule has 0 heterocycles. The summed E-state index contributed by atoms with van der Waals surface area (Å²) in [5.41, 5.74) is 3.73. The van der Waals surface area contributed by atoms with Crippen molar-refractivity contribution in [3.05, 3.63) is 65.2 Å². The topological polar surface area (TPSA) is 35.8 Å². The maximum Gasteiger partial charge on any atom is 0.0992 e. The van der Waals surface area contributed by atoms with Crippen LogP contribution in [0, 0.1) is 30.1 Å². The second-order valence-electron chi connectivity index (χ2n) is 4.16. The number of hydrogen-bond donors (Lipinski definition) is 1. The summed E-state index contributed by atoms with van der Waals surface area (Å²) >= 11 is 0. The average molecular weight is 246 g/mol. The molecule has 0 unspecified atom stereocenters. The van der Waals surface area contributed by atoms with Crippen LogP contribution >= 0.6 is 0 Å². The molecule has 19 heavy (non-hydrogen) atoms. The van der Waals surface area contributed by atoms with Crippen molar-refractivity contribution in [2.24, 2.45) is 0 Å². The Kier molecular flexibility index (Phi) is 4.21. The Hall–Kier alpha value is -2.71. The first-order valence-electron chi connectivity index (χ1n) is 6.08. The van der Waals surface area contributed by atoms with E-state index in [4.69, 9.17) is 5.26 Å². The Morgan fingerprint density at radius 2 is 1.84 bits per heavy atom. The molecule has 0 aromatic heterocycles. The number of nitrogens with zero attached hydrogens (tertiary/aromatic N) is 1. The highest BCUT2D eigenvalue weighted by Gasteiger charge is 1.98. The summed E-state index contributed by atoms with van der Waals surface area (Å²) in [6, 6.07) is 17.6. The molecule has 0 aliphatic heterocycles. The van der Waals surface area contributed by atoms with Gasteiger partial charge in [0.2, 0.25) is 0 Å². The van der Waals surface area contributed by atoms with E-state index < -0.39 is 0 Å². The first-order chi connectivity index (χ1) is 9.29. The van der Waals surface area contributed by atoms with Gasteiger partial charge in [0.15, 0.2) is 0 Å². The zero-order valence-corrected chi connectivity index (χ0v) is 10.8. The predicted molar refractivity (Wildman–Crippen MR) is 77.7 cm³/mol. The van der Waals surface area contributed by atoms with Gasteiger partial charge in [0.25, 0.3) is 0 Å². The van der Waals surface area contributed by atoms with E-state index in [0.717, 1.165) is 16.8 Å². The van der Waals surface area contributed by atoms with E-state index in [1.54, 1.807) is 0 Å². The number of anilines is 1. The quantitative estimate of drug-likeness (QED) is 0.825. The molecule has 2 rings (SSSR count). The zero-order chi connectivity index (χ0) is 13.5. The number of nitrogens with one attached hydrogen (secondary N) is 1. The van der Waals surface area contributed by atoms with Crippen LogP contribution in [0.5, 0.6) is 0 Å². The number of aryl methyl sites for hydroxylation is 1. The summed E-state index contributed by atoms with van der Waals surface area (Å²) in [6.45, 7) is 2.57. The van der Waals surface area contributed by atoms with Crippen LogP contribution in [0.2, 0.25) is 0 Å². The fourth-order valence-electron chi connectivity index (χ4n) is 1.69. The molecule has 0 atom stereocenters. The highest BCUT2D eigenvalue weighted by Crippen LogP contribution is 2.15. The number of benzene rings is 2. The molecule has 2 aromatic rings. The van der Waals surface area contributed by atoms with Crippen molar-refractivity contribution in [1.82, 2.24) is 0 Å². The van der Waals surface area contributed by atoms with E-state index in [1.165, 1.54) is 0 Å². The number of hydrogen-bond acceptors (Lipinski definition) is 2. The van der Waals surface area contributed by atoms with E-state index in [-0.39, 0.29) is 0 Å². The Morgan fingerprint density at radius 1 is 1.05 bits per heavy atom. The van der Waals surface area contributed by atoms with Crippen LogP contribution in [-0.4, -0.2) is 6.54 Å². The van der Waals surface area contributed by atoms with Crippen molar-refractivity contribution >= 4 is 5.69 Å². The Labute approximate surface area is 113 Å². The molecule has 1 N–H and O–H groups in total. The van der Waals surface area contributed by atoms with Gasteiger partial charge in [-0.3, -0.25) is 0 Å². The highest BCUT2D eigenvalue weighted by atomic mass is 14.9. The van der Waals surface area contributed by atoms with Gasteiger partial charge in [-0.25, -0.2) is 0 Å². The lowest BCUT2D eigenvalue weighted by Crippen LogP contribution is -2.01. The number of rotatable bonds is 2. The van der Waals surface area contributed by atoms with Crippen molar-refractivity contribution in [2.45, 2.75) is 6.92 Å². The Balaban J connectivity index is 2.01. The minimum absolute atomic E-state index is 0.560. The van der Waals surface area contributed by atoms with Crippen molar-refractivity contribution in [3.63, 3.8) is 0 Å². The first-order valence-corrected chi connectivity index (χ1v) is 6.08. The van der Waals surface area contributed by atoms with E-state index in [2.05, 4.69) is 23.2 Å². The van der Waals surface area contributed by atoms with E-state index >= 15 is 0 Å². The predicted octanol–water partition coefficient (Wildman–Crippen LogP) is 3.33. The number of nitriles is 1. The highest BCUT2D eigenvalue weighted by molar-refractivity contribution is 5.55. The van der Waals surface area contributed by atoms with Gasteiger partial charge in [0, 0.05) is 11.3 Å². The van der Waals surface area contributed by atoms with Crippen molar-refractivity contribution in [3.8, 4) is 17.9 Å². The third-order valence-corrected chi connectivity index (χ3v) is 2.74. The minimum Gasteiger partial charge on any atom is -0.374 e. The van der Waals surface area contributed by atoms with Crippen LogP contribution in [0.1, 0.15) is 16.7 Å². The molecule has 0 saturated carbocycles. The third kappa shape index (κ3) is 3.63. The van der Waals surface area contributed by atoms with Crippen molar-refractivity contribution in [1.29, 1.82) is 5.26 Å². The van der Waals surface area contributed by atoms with E-state index in [9.17, 15) is 0 Å². The van der Waals surface area contributed by atoms with Crippen LogP contribution in [-0.2, 0) is 0 Å². The fourth-order valence-corrected chi connectivity index (χ4v) is 1.69. The molecule has 0 bridgehead atoms. The van der Waals surface area contributed by atoms with Gasteiger partial charge in [-0.2, -0.15) is 5.26 Å². The molecule has 0 radical (unpaired) electrons. The Bertz CT molecular complexity index is 655. The van der Waals surface area contributed by atoms with Crippen LogP contribution < -0.4 is 5.32 Å². The van der Waals surface area contributed by atoms with E-state index in [1.807, 2.05) is 55.5 Å². The average Bonchev–Trinajstić information content (AvgIpc) is 2.46. The second-order valence-corrected chi connectivity index (χ2v) is 4.16. The molecule has 0 fully saturated rings. The molecule has 0 aliphatic rings. The molecule has 0 amide bonds. The molecule has 0 saturated heterocycles. The maximum absolute atomic E-state index is 8.87. The zero-order valence-electron chi connectivity index (χ0n) is 10.8. The molecule has 0 spiro atoms. The van der Waals surface area contributed by atoms with Crippen LogP contribution in [0.15, 0.2) is 48.5 Å². The van der Waals surface area contributed by atoms with Crippen molar-refractivity contribution in [2.75, 3.05) is 11.9 Å². The normalized spacial score (nSPS) is 9.05. The van der Waals surface area contributed by atoms with Gasteiger partial charge >= 0.3 is 0 Å². The maximum atomic E-state index is 8.87. The SMILES string of the molecule is Cc1ccc(C#N)cc1NCC#Cc1ccccc1. The fraction of sp³-hybridized carbons (Fsp3) is 0.118. The lowest BCUT2D eigenvalue weighted by molar-refractivity contribution is 1.32. The van der Waals surface area contributed by atoms with E-state index in [0.29, 0.717) is 12.1 Å². The summed E-state index contributed by atoms with van der Waals surface area (Å²) in [5.74, 6) is 6.16. The largest absolute Gasteiger partial charge is 0.374 e. The molecule has 2 nitrogen and oxygen atoms in total. The summed E-state index contributed by atoms with van der Waals surface area (Å²) in [5, 5.41) is 12.1.